The number of phenols is 4. The smallest absolute Gasteiger partial charge is 0.241 e. The van der Waals surface area contributed by atoms with Crippen LogP contribution in [0.5, 0.6) is 23.0 Å². The Kier molecular flexibility index (Phi) is 6.63. The molecule has 4 aromatic rings. The van der Waals surface area contributed by atoms with Crippen molar-refractivity contribution in [2.45, 2.75) is 17.9 Å². The van der Waals surface area contributed by atoms with E-state index in [0.717, 1.165) is 23.3 Å². The molecule has 35 heavy (non-hydrogen) atoms. The molecule has 5 N–H and O–H groups in total. The third-order valence-electron chi connectivity index (χ3n) is 5.46. The molecule has 0 bridgehead atoms. The fraction of sp³-hybridized carbons (Fsp3) is 0.0769. The monoisotopic (exact) mass is 495 g/mol. The Bertz CT molecular complexity index is 1470. The Balaban J connectivity index is 1.52. The van der Waals surface area contributed by atoms with Gasteiger partial charge in [-0.1, -0.05) is 42.5 Å². The normalized spacial score (nSPS) is 11.5. The molecule has 7 nitrogen and oxygen atoms in total. The molecule has 0 aliphatic rings. The summed E-state index contributed by atoms with van der Waals surface area (Å²) in [6, 6.07) is 18.9. The Labute approximate surface area is 201 Å². The van der Waals surface area contributed by atoms with E-state index >= 15 is 0 Å². The molecule has 0 heterocycles. The van der Waals surface area contributed by atoms with Crippen molar-refractivity contribution in [3.8, 4) is 34.1 Å². The molecule has 0 spiro atoms. The van der Waals surface area contributed by atoms with Gasteiger partial charge in [-0.2, -0.15) is 0 Å². The average molecular weight is 496 g/mol. The number of rotatable bonds is 7. The molecule has 0 saturated heterocycles. The zero-order chi connectivity index (χ0) is 25.2. The quantitative estimate of drug-likeness (QED) is 0.242. The third kappa shape index (κ3) is 5.53. The highest BCUT2D eigenvalue weighted by Gasteiger charge is 2.22. The topological polar surface area (TPSA) is 127 Å². The Morgan fingerprint density at radius 1 is 0.657 bits per heavy atom. The molecular formula is C26H22FNO6S. The van der Waals surface area contributed by atoms with Gasteiger partial charge in [0.2, 0.25) is 10.0 Å². The van der Waals surface area contributed by atoms with Crippen LogP contribution in [-0.2, 0) is 23.0 Å². The number of halogens is 1. The molecule has 0 aromatic heterocycles. The van der Waals surface area contributed by atoms with E-state index in [2.05, 4.69) is 4.72 Å². The second-order valence-corrected chi connectivity index (χ2v) is 9.72. The molecule has 0 amide bonds. The summed E-state index contributed by atoms with van der Waals surface area (Å²) in [4.78, 5) is -0.261. The van der Waals surface area contributed by atoms with Crippen molar-refractivity contribution in [2.75, 3.05) is 0 Å². The molecule has 0 fully saturated rings. The third-order valence-corrected chi connectivity index (χ3v) is 6.90. The van der Waals surface area contributed by atoms with Gasteiger partial charge < -0.3 is 20.4 Å². The van der Waals surface area contributed by atoms with Crippen LogP contribution in [0.25, 0.3) is 11.1 Å². The van der Waals surface area contributed by atoms with Crippen molar-refractivity contribution in [3.63, 3.8) is 0 Å². The lowest BCUT2D eigenvalue weighted by Crippen LogP contribution is -2.23. The molecule has 0 aliphatic heterocycles. The van der Waals surface area contributed by atoms with Gasteiger partial charge in [0.25, 0.3) is 0 Å². The summed E-state index contributed by atoms with van der Waals surface area (Å²) in [5.74, 6) is -1.98. The van der Waals surface area contributed by atoms with Gasteiger partial charge in [-0.25, -0.2) is 17.5 Å². The van der Waals surface area contributed by atoms with Gasteiger partial charge in [0.1, 0.15) is 5.82 Å². The van der Waals surface area contributed by atoms with E-state index in [4.69, 9.17) is 0 Å². The van der Waals surface area contributed by atoms with Crippen LogP contribution >= 0.6 is 0 Å². The van der Waals surface area contributed by atoms with Crippen LogP contribution in [0.1, 0.15) is 16.7 Å². The van der Waals surface area contributed by atoms with Crippen molar-refractivity contribution in [1.29, 1.82) is 0 Å². The highest BCUT2D eigenvalue weighted by molar-refractivity contribution is 7.89. The number of sulfonamides is 1. The van der Waals surface area contributed by atoms with E-state index in [0.29, 0.717) is 17.5 Å². The lowest BCUT2D eigenvalue weighted by molar-refractivity contribution is 0.402. The largest absolute Gasteiger partial charge is 0.504 e. The first-order valence-corrected chi connectivity index (χ1v) is 12.0. The number of aromatic hydroxyl groups is 4. The zero-order valence-corrected chi connectivity index (χ0v) is 19.1. The fourth-order valence-electron chi connectivity index (χ4n) is 3.58. The number of phenolic OH excluding ortho intramolecular Hbond substituents is 4. The first-order valence-electron chi connectivity index (χ1n) is 10.5. The summed E-state index contributed by atoms with van der Waals surface area (Å²) < 4.78 is 42.0. The first kappa shape index (κ1) is 24.1. The van der Waals surface area contributed by atoms with Crippen LogP contribution in [0.3, 0.4) is 0 Å². The van der Waals surface area contributed by atoms with Crippen molar-refractivity contribution in [2.24, 2.45) is 0 Å². The van der Waals surface area contributed by atoms with Gasteiger partial charge in [0.15, 0.2) is 23.0 Å². The van der Waals surface area contributed by atoms with Crippen molar-refractivity contribution >= 4 is 10.0 Å². The van der Waals surface area contributed by atoms with E-state index in [1.54, 1.807) is 18.2 Å². The SMILES string of the molecule is O=S(=O)(NCc1ccc(Cc2ccc(O)c(O)c2)cc1)c1cc(O)c(O)cc1-c1ccc(F)cc1. The minimum absolute atomic E-state index is 0.0346. The van der Waals surface area contributed by atoms with Crippen LogP contribution in [-0.4, -0.2) is 28.8 Å². The fourth-order valence-corrected chi connectivity index (χ4v) is 4.83. The summed E-state index contributed by atoms with van der Waals surface area (Å²) in [5.41, 5.74) is 2.86. The van der Waals surface area contributed by atoms with E-state index in [-0.39, 0.29) is 28.5 Å². The average Bonchev–Trinajstić information content (AvgIpc) is 2.83. The molecule has 180 valence electrons. The van der Waals surface area contributed by atoms with Crippen LogP contribution in [0.15, 0.2) is 83.8 Å². The van der Waals surface area contributed by atoms with Gasteiger partial charge in [-0.05, 0) is 59.0 Å². The Hall–Kier alpha value is -4.08. The van der Waals surface area contributed by atoms with Gasteiger partial charge >= 0.3 is 0 Å². The molecule has 9 heteroatoms. The van der Waals surface area contributed by atoms with E-state index in [1.165, 1.54) is 36.4 Å². The second kappa shape index (κ2) is 9.65. The predicted octanol–water partition coefficient (Wildman–Crippen LogP) is 4.38. The maximum absolute atomic E-state index is 13.3. The summed E-state index contributed by atoms with van der Waals surface area (Å²) in [6.45, 7) is -0.0346. The first-order chi connectivity index (χ1) is 16.6. The number of nitrogens with one attached hydrogen (secondary N) is 1. The van der Waals surface area contributed by atoms with Crippen molar-refractivity contribution < 1.29 is 33.2 Å². The Morgan fingerprint density at radius 2 is 1.23 bits per heavy atom. The lowest BCUT2D eigenvalue weighted by Gasteiger charge is -2.14. The molecule has 0 saturated carbocycles. The maximum atomic E-state index is 13.3. The second-order valence-electron chi connectivity index (χ2n) is 7.98. The van der Waals surface area contributed by atoms with Crippen LogP contribution in [0.4, 0.5) is 4.39 Å². The molecule has 4 rings (SSSR count). The number of benzene rings is 4. The van der Waals surface area contributed by atoms with E-state index < -0.39 is 27.3 Å². The summed E-state index contributed by atoms with van der Waals surface area (Å²) >= 11 is 0. The zero-order valence-electron chi connectivity index (χ0n) is 18.3. The van der Waals surface area contributed by atoms with Crippen LogP contribution in [0.2, 0.25) is 0 Å². The molecule has 0 aliphatic carbocycles. The highest BCUT2D eigenvalue weighted by Crippen LogP contribution is 2.37. The van der Waals surface area contributed by atoms with Crippen molar-refractivity contribution in [3.05, 3.63) is 101 Å². The molecule has 0 radical (unpaired) electrons. The van der Waals surface area contributed by atoms with Gasteiger partial charge in [-0.3, -0.25) is 0 Å². The molecule has 0 unspecified atom stereocenters. The number of hydrogen-bond donors (Lipinski definition) is 5. The highest BCUT2D eigenvalue weighted by atomic mass is 32.2. The Morgan fingerprint density at radius 3 is 1.89 bits per heavy atom. The molecule has 0 atom stereocenters. The standard InChI is InChI=1S/C26H22FNO6S/c27-20-8-6-19(7-9-20)21-13-24(31)25(32)14-26(21)35(33,34)28-15-17-3-1-16(2-4-17)11-18-5-10-22(29)23(30)12-18/h1-10,12-14,28-32H,11,15H2. The van der Waals surface area contributed by atoms with Crippen LogP contribution < -0.4 is 4.72 Å². The van der Waals surface area contributed by atoms with Gasteiger partial charge in [0, 0.05) is 18.2 Å². The van der Waals surface area contributed by atoms with E-state index in [9.17, 15) is 33.2 Å². The minimum Gasteiger partial charge on any atom is -0.504 e. The molecular weight excluding hydrogens is 473 g/mol. The predicted molar refractivity (Wildman–Crippen MR) is 128 cm³/mol. The maximum Gasteiger partial charge on any atom is 0.241 e. The van der Waals surface area contributed by atoms with Crippen LogP contribution in [0, 0.1) is 5.82 Å². The molecule has 4 aromatic carbocycles. The van der Waals surface area contributed by atoms with Gasteiger partial charge in [0.05, 0.1) is 4.90 Å². The lowest BCUT2D eigenvalue weighted by atomic mass is 10.0. The van der Waals surface area contributed by atoms with E-state index in [1.807, 2.05) is 12.1 Å². The summed E-state index contributed by atoms with van der Waals surface area (Å²) in [6.07, 6.45) is 0.508. The van der Waals surface area contributed by atoms with Gasteiger partial charge in [-0.15, -0.1) is 0 Å². The number of hydrogen-bond acceptors (Lipinski definition) is 6. The summed E-state index contributed by atoms with van der Waals surface area (Å²) in [5, 5.41) is 38.9. The minimum atomic E-state index is -4.12. The van der Waals surface area contributed by atoms with Crippen molar-refractivity contribution in [1.82, 2.24) is 4.72 Å². The summed E-state index contributed by atoms with van der Waals surface area (Å²) in [7, 11) is -4.12.